The molecule has 1 atom stereocenters. The van der Waals surface area contributed by atoms with Crippen molar-refractivity contribution in [3.05, 3.63) is 29.8 Å². The zero-order valence-corrected chi connectivity index (χ0v) is 13.3. The van der Waals surface area contributed by atoms with Gasteiger partial charge in [-0.05, 0) is 62.8 Å². The van der Waals surface area contributed by atoms with Crippen LogP contribution in [-0.4, -0.2) is 26.1 Å². The lowest BCUT2D eigenvalue weighted by atomic mass is 10.2. The van der Waals surface area contributed by atoms with Gasteiger partial charge >= 0.3 is 0 Å². The van der Waals surface area contributed by atoms with Gasteiger partial charge in [-0.1, -0.05) is 12.3 Å². The average molecular weight is 302 g/mol. The second-order valence-electron chi connectivity index (χ2n) is 5.60. The SMILES string of the molecule is C#Cc1ccc(OCCCCCCOC2CCCCO2)cc1. The van der Waals surface area contributed by atoms with Gasteiger partial charge in [0.2, 0.25) is 0 Å². The fraction of sp³-hybridized carbons (Fsp3) is 0.579. The van der Waals surface area contributed by atoms with Crippen LogP contribution >= 0.6 is 0 Å². The first-order valence-electron chi connectivity index (χ1n) is 8.31. The van der Waals surface area contributed by atoms with E-state index in [9.17, 15) is 0 Å². The summed E-state index contributed by atoms with van der Waals surface area (Å²) in [6, 6.07) is 7.65. The maximum Gasteiger partial charge on any atom is 0.157 e. The third-order valence-electron chi connectivity index (χ3n) is 3.77. The van der Waals surface area contributed by atoms with Crippen molar-refractivity contribution in [2.45, 2.75) is 51.2 Å². The lowest BCUT2D eigenvalue weighted by Crippen LogP contribution is -2.22. The molecule has 1 aromatic rings. The van der Waals surface area contributed by atoms with Gasteiger partial charge in [-0.15, -0.1) is 6.42 Å². The van der Waals surface area contributed by atoms with Gasteiger partial charge in [-0.3, -0.25) is 0 Å². The van der Waals surface area contributed by atoms with Crippen molar-refractivity contribution in [1.29, 1.82) is 0 Å². The molecule has 3 heteroatoms. The van der Waals surface area contributed by atoms with E-state index in [1.165, 1.54) is 19.3 Å². The van der Waals surface area contributed by atoms with Gasteiger partial charge in [0.05, 0.1) is 6.61 Å². The Bertz CT molecular complexity index is 441. The van der Waals surface area contributed by atoms with Crippen LogP contribution in [0.3, 0.4) is 0 Å². The molecule has 0 radical (unpaired) electrons. The van der Waals surface area contributed by atoms with E-state index in [0.717, 1.165) is 56.8 Å². The lowest BCUT2D eigenvalue weighted by molar-refractivity contribution is -0.162. The normalized spacial score (nSPS) is 17.9. The van der Waals surface area contributed by atoms with Crippen LogP contribution < -0.4 is 4.74 Å². The van der Waals surface area contributed by atoms with Crippen LogP contribution in [0.1, 0.15) is 50.5 Å². The Morgan fingerprint density at radius 3 is 2.50 bits per heavy atom. The largest absolute Gasteiger partial charge is 0.494 e. The molecule has 1 heterocycles. The molecule has 1 fully saturated rings. The number of terminal acetylenes is 1. The molecule has 0 bridgehead atoms. The summed E-state index contributed by atoms with van der Waals surface area (Å²) in [5, 5.41) is 0. The predicted octanol–water partition coefficient (Wildman–Crippen LogP) is 4.15. The highest BCUT2D eigenvalue weighted by Crippen LogP contribution is 2.15. The van der Waals surface area contributed by atoms with E-state index in [1.54, 1.807) is 0 Å². The number of hydrogen-bond donors (Lipinski definition) is 0. The summed E-state index contributed by atoms with van der Waals surface area (Å²) in [7, 11) is 0. The van der Waals surface area contributed by atoms with Crippen LogP contribution in [0.25, 0.3) is 0 Å². The highest BCUT2D eigenvalue weighted by Gasteiger charge is 2.13. The van der Waals surface area contributed by atoms with Gasteiger partial charge in [0.25, 0.3) is 0 Å². The van der Waals surface area contributed by atoms with Crippen LogP contribution in [0.15, 0.2) is 24.3 Å². The van der Waals surface area contributed by atoms with Crippen LogP contribution in [0.5, 0.6) is 5.75 Å². The molecule has 0 N–H and O–H groups in total. The number of rotatable bonds is 9. The lowest BCUT2D eigenvalue weighted by Gasteiger charge is -2.22. The molecule has 0 aromatic heterocycles. The Kier molecular flexibility index (Phi) is 7.87. The first kappa shape index (κ1) is 16.9. The predicted molar refractivity (Wildman–Crippen MR) is 87.9 cm³/mol. The average Bonchev–Trinajstić information content (AvgIpc) is 2.59. The molecule has 1 aliphatic rings. The molecule has 2 rings (SSSR count). The fourth-order valence-corrected chi connectivity index (χ4v) is 2.45. The second-order valence-corrected chi connectivity index (χ2v) is 5.60. The topological polar surface area (TPSA) is 27.7 Å². The van der Waals surface area contributed by atoms with E-state index >= 15 is 0 Å². The van der Waals surface area contributed by atoms with Crippen LogP contribution in [0.2, 0.25) is 0 Å². The summed E-state index contributed by atoms with van der Waals surface area (Å²) in [5.74, 6) is 3.48. The number of hydrogen-bond acceptors (Lipinski definition) is 3. The minimum atomic E-state index is 0.0445. The highest BCUT2D eigenvalue weighted by molar-refractivity contribution is 5.36. The Labute approximate surface area is 134 Å². The van der Waals surface area contributed by atoms with Crippen molar-refractivity contribution in [3.63, 3.8) is 0 Å². The number of benzene rings is 1. The van der Waals surface area contributed by atoms with Crippen molar-refractivity contribution < 1.29 is 14.2 Å². The molecule has 0 aliphatic carbocycles. The molecule has 1 aliphatic heterocycles. The van der Waals surface area contributed by atoms with Gasteiger partial charge in [0, 0.05) is 18.8 Å². The van der Waals surface area contributed by atoms with Gasteiger partial charge < -0.3 is 14.2 Å². The van der Waals surface area contributed by atoms with Crippen molar-refractivity contribution in [1.82, 2.24) is 0 Å². The first-order valence-corrected chi connectivity index (χ1v) is 8.31. The van der Waals surface area contributed by atoms with Crippen LogP contribution in [-0.2, 0) is 9.47 Å². The number of unbranched alkanes of at least 4 members (excludes halogenated alkanes) is 3. The van der Waals surface area contributed by atoms with Crippen molar-refractivity contribution >= 4 is 0 Å². The molecular weight excluding hydrogens is 276 g/mol. The van der Waals surface area contributed by atoms with Crippen LogP contribution in [0.4, 0.5) is 0 Å². The molecule has 3 nitrogen and oxygen atoms in total. The summed E-state index contributed by atoms with van der Waals surface area (Å²) < 4.78 is 16.9. The van der Waals surface area contributed by atoms with E-state index in [1.807, 2.05) is 24.3 Å². The summed E-state index contributed by atoms with van der Waals surface area (Å²) in [6.45, 7) is 2.41. The maximum absolute atomic E-state index is 5.71. The monoisotopic (exact) mass is 302 g/mol. The fourth-order valence-electron chi connectivity index (χ4n) is 2.45. The summed E-state index contributed by atoms with van der Waals surface area (Å²) in [4.78, 5) is 0. The van der Waals surface area contributed by atoms with Crippen LogP contribution in [0, 0.1) is 12.3 Å². The Morgan fingerprint density at radius 2 is 1.82 bits per heavy atom. The van der Waals surface area contributed by atoms with Crippen molar-refractivity contribution in [3.8, 4) is 18.1 Å². The second kappa shape index (κ2) is 10.3. The molecule has 1 unspecified atom stereocenters. The standard InChI is InChI=1S/C19H26O3/c1-2-17-10-12-18(13-11-17)20-14-6-3-4-7-15-21-19-9-5-8-16-22-19/h1,10-13,19H,3-9,14-16H2. The van der Waals surface area contributed by atoms with E-state index in [0.29, 0.717) is 0 Å². The Hall–Kier alpha value is -1.50. The van der Waals surface area contributed by atoms with Gasteiger partial charge in [-0.2, -0.15) is 0 Å². The first-order chi connectivity index (χ1) is 10.9. The third-order valence-corrected chi connectivity index (χ3v) is 3.77. The Balaban J connectivity index is 1.43. The zero-order valence-electron chi connectivity index (χ0n) is 13.3. The van der Waals surface area contributed by atoms with Crippen molar-refractivity contribution in [2.24, 2.45) is 0 Å². The molecule has 22 heavy (non-hydrogen) atoms. The molecule has 0 saturated carbocycles. The quantitative estimate of drug-likeness (QED) is 0.506. The van der Waals surface area contributed by atoms with Crippen molar-refractivity contribution in [2.75, 3.05) is 19.8 Å². The zero-order chi connectivity index (χ0) is 15.5. The van der Waals surface area contributed by atoms with Gasteiger partial charge in [0.15, 0.2) is 6.29 Å². The third kappa shape index (κ3) is 6.51. The maximum atomic E-state index is 5.71. The van der Waals surface area contributed by atoms with Gasteiger partial charge in [0.1, 0.15) is 5.75 Å². The molecule has 120 valence electrons. The van der Waals surface area contributed by atoms with Gasteiger partial charge in [-0.25, -0.2) is 0 Å². The number of ether oxygens (including phenoxy) is 3. The molecule has 1 saturated heterocycles. The minimum absolute atomic E-state index is 0.0445. The summed E-state index contributed by atoms with van der Waals surface area (Å²) in [5.41, 5.74) is 0.884. The smallest absolute Gasteiger partial charge is 0.157 e. The minimum Gasteiger partial charge on any atom is -0.494 e. The summed E-state index contributed by atoms with van der Waals surface area (Å²) in [6.07, 6.45) is 13.3. The van der Waals surface area contributed by atoms with E-state index < -0.39 is 0 Å². The van der Waals surface area contributed by atoms with E-state index in [2.05, 4.69) is 5.92 Å². The van der Waals surface area contributed by atoms with E-state index in [-0.39, 0.29) is 6.29 Å². The molecule has 0 amide bonds. The molecule has 0 spiro atoms. The highest BCUT2D eigenvalue weighted by atomic mass is 16.7. The Morgan fingerprint density at radius 1 is 1.05 bits per heavy atom. The molecule has 1 aromatic carbocycles. The van der Waals surface area contributed by atoms with E-state index in [4.69, 9.17) is 20.6 Å². The summed E-state index contributed by atoms with van der Waals surface area (Å²) >= 11 is 0. The molecular formula is C19H26O3.